The molecule has 0 aliphatic carbocycles. The quantitative estimate of drug-likeness (QED) is 0.480. The molecule has 1 aromatic carbocycles. The fourth-order valence-corrected chi connectivity index (χ4v) is 2.54. The number of amides is 4. The smallest absolute Gasteiger partial charge is 0.323 e. The number of benzene rings is 1. The first kappa shape index (κ1) is 12.2. The van der Waals surface area contributed by atoms with Crippen LogP contribution in [-0.2, 0) is 19.9 Å². The molecule has 0 bridgehead atoms. The van der Waals surface area contributed by atoms with Gasteiger partial charge in [0.25, 0.3) is 11.8 Å². The van der Waals surface area contributed by atoms with Gasteiger partial charge in [-0.2, -0.15) is 0 Å². The Morgan fingerprint density at radius 1 is 1.25 bits per heavy atom. The molecule has 2 aliphatic rings. The lowest BCUT2D eigenvalue weighted by Crippen LogP contribution is -2.53. The van der Waals surface area contributed by atoms with Crippen LogP contribution in [0.25, 0.3) is 0 Å². The van der Waals surface area contributed by atoms with E-state index < -0.39 is 35.9 Å². The minimum absolute atomic E-state index is 0.273. The van der Waals surface area contributed by atoms with Gasteiger partial charge in [0, 0.05) is 5.56 Å². The maximum absolute atomic E-state index is 12.5. The van der Waals surface area contributed by atoms with Crippen LogP contribution in [0.3, 0.4) is 0 Å². The molecule has 3 rings (SSSR count). The number of anilines is 1. The van der Waals surface area contributed by atoms with Gasteiger partial charge in [-0.25, -0.2) is 4.79 Å². The van der Waals surface area contributed by atoms with Gasteiger partial charge in [0.2, 0.25) is 5.54 Å². The van der Waals surface area contributed by atoms with E-state index in [9.17, 15) is 19.2 Å². The highest BCUT2D eigenvalue weighted by Crippen LogP contribution is 2.41. The van der Waals surface area contributed by atoms with E-state index in [1.807, 2.05) is 5.32 Å². The third kappa shape index (κ3) is 1.35. The van der Waals surface area contributed by atoms with Gasteiger partial charge in [-0.3, -0.25) is 24.6 Å². The summed E-state index contributed by atoms with van der Waals surface area (Å²) in [4.78, 5) is 47.7. The van der Waals surface area contributed by atoms with Crippen molar-refractivity contribution >= 4 is 29.5 Å². The number of nitrogens with one attached hydrogen (secondary N) is 2. The molecule has 20 heavy (non-hydrogen) atoms. The van der Waals surface area contributed by atoms with Crippen LogP contribution in [0.1, 0.15) is 5.56 Å². The Hall–Kier alpha value is -2.90. The molecule has 102 valence electrons. The van der Waals surface area contributed by atoms with Gasteiger partial charge >= 0.3 is 12.0 Å². The van der Waals surface area contributed by atoms with Crippen LogP contribution < -0.4 is 15.5 Å². The van der Waals surface area contributed by atoms with E-state index in [4.69, 9.17) is 5.11 Å². The van der Waals surface area contributed by atoms with Crippen molar-refractivity contribution in [2.24, 2.45) is 0 Å². The molecule has 1 saturated heterocycles. The van der Waals surface area contributed by atoms with E-state index in [1.54, 1.807) is 12.1 Å². The van der Waals surface area contributed by atoms with Crippen molar-refractivity contribution in [3.63, 3.8) is 0 Å². The van der Waals surface area contributed by atoms with Gasteiger partial charge in [-0.15, -0.1) is 0 Å². The van der Waals surface area contributed by atoms with E-state index in [-0.39, 0.29) is 5.56 Å². The molecule has 0 radical (unpaired) electrons. The lowest BCUT2D eigenvalue weighted by molar-refractivity contribution is -0.139. The highest BCUT2D eigenvalue weighted by atomic mass is 16.4. The zero-order valence-corrected chi connectivity index (χ0v) is 10.0. The molecule has 1 fully saturated rings. The zero-order chi connectivity index (χ0) is 14.5. The number of rotatable bonds is 2. The number of hydrogen-bond donors (Lipinski definition) is 3. The summed E-state index contributed by atoms with van der Waals surface area (Å²) in [6, 6.07) is 5.49. The number of imide groups is 1. The lowest BCUT2D eigenvalue weighted by atomic mass is 9.92. The summed E-state index contributed by atoms with van der Waals surface area (Å²) in [5.41, 5.74) is -1.28. The number of carbonyl (C=O) groups is 4. The number of fused-ring (bicyclic) bond motifs is 2. The largest absolute Gasteiger partial charge is 0.480 e. The van der Waals surface area contributed by atoms with Crippen LogP contribution in [0.4, 0.5) is 10.5 Å². The van der Waals surface area contributed by atoms with E-state index in [1.165, 1.54) is 12.1 Å². The maximum atomic E-state index is 12.5. The van der Waals surface area contributed by atoms with Crippen molar-refractivity contribution in [2.45, 2.75) is 5.54 Å². The first-order chi connectivity index (χ1) is 9.46. The third-order valence-electron chi connectivity index (χ3n) is 3.33. The standard InChI is InChI=1S/C12H9N3O5/c16-8(17)5-15-7-4-2-1-3-6(7)12(10(15)19)9(18)13-11(20)14-12/h1-4H,5H2,(H,16,17)(H2,13,14,18,20)/t12-/m0/s1. The van der Waals surface area contributed by atoms with Crippen LogP contribution >= 0.6 is 0 Å². The van der Waals surface area contributed by atoms with Crippen molar-refractivity contribution < 1.29 is 24.3 Å². The average Bonchev–Trinajstić information content (AvgIpc) is 2.81. The summed E-state index contributed by atoms with van der Waals surface area (Å²) in [5.74, 6) is -2.78. The maximum Gasteiger partial charge on any atom is 0.323 e. The zero-order valence-electron chi connectivity index (χ0n) is 10.0. The average molecular weight is 275 g/mol. The molecule has 0 aromatic heterocycles. The van der Waals surface area contributed by atoms with Crippen LogP contribution in [0.15, 0.2) is 24.3 Å². The second-order valence-corrected chi connectivity index (χ2v) is 4.46. The fourth-order valence-electron chi connectivity index (χ4n) is 2.54. The Morgan fingerprint density at radius 3 is 2.55 bits per heavy atom. The van der Waals surface area contributed by atoms with Gasteiger partial charge in [0.1, 0.15) is 6.54 Å². The Bertz CT molecular complexity index is 671. The molecule has 8 nitrogen and oxygen atoms in total. The van der Waals surface area contributed by atoms with Gasteiger partial charge in [0.15, 0.2) is 0 Å². The van der Waals surface area contributed by atoms with Gasteiger partial charge in [-0.05, 0) is 6.07 Å². The van der Waals surface area contributed by atoms with E-state index in [0.29, 0.717) is 5.69 Å². The molecule has 4 amide bonds. The normalized spacial score (nSPS) is 23.8. The molecule has 3 N–H and O–H groups in total. The minimum Gasteiger partial charge on any atom is -0.480 e. The highest BCUT2D eigenvalue weighted by molar-refractivity contribution is 6.28. The van der Waals surface area contributed by atoms with Gasteiger partial charge < -0.3 is 10.4 Å². The predicted octanol–water partition coefficient (Wildman–Crippen LogP) is -0.847. The lowest BCUT2D eigenvalue weighted by Gasteiger charge is -2.19. The monoisotopic (exact) mass is 275 g/mol. The Kier molecular flexibility index (Phi) is 2.31. The number of urea groups is 1. The summed E-state index contributed by atoms with van der Waals surface area (Å²) < 4.78 is 0. The van der Waals surface area contributed by atoms with Crippen LogP contribution in [0.5, 0.6) is 0 Å². The van der Waals surface area contributed by atoms with Crippen molar-refractivity contribution in [3.8, 4) is 0 Å². The SMILES string of the molecule is O=C(O)CN1C(=O)[C@]2(NC(=O)NC2=O)c2ccccc21. The Balaban J connectivity index is 2.19. The second kappa shape index (κ2) is 3.80. The number of hydrogen-bond acceptors (Lipinski definition) is 4. The van der Waals surface area contributed by atoms with E-state index in [0.717, 1.165) is 4.90 Å². The number of carbonyl (C=O) groups excluding carboxylic acids is 3. The second-order valence-electron chi connectivity index (χ2n) is 4.46. The number of carboxylic acids is 1. The van der Waals surface area contributed by atoms with Crippen molar-refractivity contribution in [1.82, 2.24) is 10.6 Å². The van der Waals surface area contributed by atoms with Crippen LogP contribution in [0.2, 0.25) is 0 Å². The van der Waals surface area contributed by atoms with E-state index >= 15 is 0 Å². The Morgan fingerprint density at radius 2 is 1.95 bits per heavy atom. The summed E-state index contributed by atoms with van der Waals surface area (Å²) in [5, 5.41) is 13.2. The van der Waals surface area contributed by atoms with Crippen molar-refractivity contribution in [3.05, 3.63) is 29.8 Å². The van der Waals surface area contributed by atoms with Crippen LogP contribution in [-0.4, -0.2) is 35.5 Å². The number of aliphatic carboxylic acids is 1. The Labute approximate surface area is 112 Å². The van der Waals surface area contributed by atoms with Crippen molar-refractivity contribution in [1.29, 1.82) is 0 Å². The van der Waals surface area contributed by atoms with E-state index in [2.05, 4.69) is 5.32 Å². The molecule has 2 aliphatic heterocycles. The number of nitrogens with zero attached hydrogens (tertiary/aromatic N) is 1. The van der Waals surface area contributed by atoms with Crippen LogP contribution in [0, 0.1) is 0 Å². The molecular formula is C12H9N3O5. The predicted molar refractivity (Wildman–Crippen MR) is 64.8 cm³/mol. The summed E-state index contributed by atoms with van der Waals surface area (Å²) >= 11 is 0. The first-order valence-electron chi connectivity index (χ1n) is 5.73. The molecule has 8 heteroatoms. The molecule has 1 atom stereocenters. The molecule has 2 heterocycles. The molecule has 0 unspecified atom stereocenters. The topological polar surface area (TPSA) is 116 Å². The molecule has 0 saturated carbocycles. The molecule has 1 aromatic rings. The number of para-hydroxylation sites is 1. The summed E-state index contributed by atoms with van der Waals surface area (Å²) in [6.45, 7) is -0.583. The molecular weight excluding hydrogens is 266 g/mol. The summed E-state index contributed by atoms with van der Waals surface area (Å²) in [7, 11) is 0. The first-order valence-corrected chi connectivity index (χ1v) is 5.73. The van der Waals surface area contributed by atoms with Gasteiger partial charge in [-0.1, -0.05) is 18.2 Å². The van der Waals surface area contributed by atoms with Gasteiger partial charge in [0.05, 0.1) is 5.69 Å². The highest BCUT2D eigenvalue weighted by Gasteiger charge is 2.61. The van der Waals surface area contributed by atoms with Crippen molar-refractivity contribution in [2.75, 3.05) is 11.4 Å². The fraction of sp³-hybridized carbons (Fsp3) is 0.167. The minimum atomic E-state index is -1.86. The number of carboxylic acid groups (broad SMARTS) is 1. The summed E-state index contributed by atoms with van der Waals surface area (Å²) in [6.07, 6.45) is 0. The molecule has 1 spiro atoms. The third-order valence-corrected chi connectivity index (χ3v) is 3.33.